The number of hydrogen-bond acceptors (Lipinski definition) is 2. The lowest BCUT2D eigenvalue weighted by Crippen LogP contribution is -2.12. The summed E-state index contributed by atoms with van der Waals surface area (Å²) in [7, 11) is 0. The number of rotatable bonds is 1. The molecule has 1 aromatic heterocycles. The summed E-state index contributed by atoms with van der Waals surface area (Å²) in [4.78, 5) is 3.33. The Balaban J connectivity index is 2.77. The van der Waals surface area contributed by atoms with Crippen LogP contribution in [0.1, 0.15) is 5.56 Å². The fourth-order valence-corrected chi connectivity index (χ4v) is 1.71. The second-order valence-electron chi connectivity index (χ2n) is 3.72. The van der Waals surface area contributed by atoms with Gasteiger partial charge in [0.1, 0.15) is 11.4 Å². The van der Waals surface area contributed by atoms with Gasteiger partial charge in [0.15, 0.2) is 11.6 Å². The van der Waals surface area contributed by atoms with Gasteiger partial charge in [-0.2, -0.15) is 13.2 Å². The van der Waals surface area contributed by atoms with Crippen LogP contribution in [0.2, 0.25) is 0 Å². The van der Waals surface area contributed by atoms with Gasteiger partial charge in [0.25, 0.3) is 0 Å². The summed E-state index contributed by atoms with van der Waals surface area (Å²) in [5, 5.41) is 0. The van der Waals surface area contributed by atoms with Gasteiger partial charge in [0.05, 0.1) is 0 Å². The van der Waals surface area contributed by atoms with Gasteiger partial charge in [-0.3, -0.25) is 0 Å². The van der Waals surface area contributed by atoms with Crippen LogP contribution in [0.15, 0.2) is 30.5 Å². The van der Waals surface area contributed by atoms with Gasteiger partial charge in [-0.25, -0.2) is 13.8 Å². The van der Waals surface area contributed by atoms with E-state index in [4.69, 9.17) is 5.73 Å². The molecule has 2 nitrogen and oxygen atoms in total. The Kier molecular flexibility index (Phi) is 3.13. The number of alkyl halides is 3. The van der Waals surface area contributed by atoms with Gasteiger partial charge in [0, 0.05) is 17.3 Å². The number of nitrogens with zero attached hydrogens (tertiary/aromatic N) is 1. The third-order valence-electron chi connectivity index (χ3n) is 2.51. The molecule has 0 aliphatic carbocycles. The molecule has 2 rings (SSSR count). The summed E-state index contributed by atoms with van der Waals surface area (Å²) in [6.07, 6.45) is -3.81. The smallest absolute Gasteiger partial charge is 0.383 e. The second-order valence-corrected chi connectivity index (χ2v) is 3.72. The number of pyridine rings is 1. The molecule has 0 saturated heterocycles. The van der Waals surface area contributed by atoms with Crippen LogP contribution in [0.3, 0.4) is 0 Å². The van der Waals surface area contributed by atoms with E-state index in [1.54, 1.807) is 0 Å². The third-order valence-corrected chi connectivity index (χ3v) is 2.51. The minimum Gasteiger partial charge on any atom is -0.383 e. The molecule has 19 heavy (non-hydrogen) atoms. The van der Waals surface area contributed by atoms with Gasteiger partial charge in [-0.1, -0.05) is 12.1 Å². The van der Waals surface area contributed by atoms with Gasteiger partial charge >= 0.3 is 6.18 Å². The number of aromatic nitrogens is 1. The summed E-state index contributed by atoms with van der Waals surface area (Å²) in [5.41, 5.74) is 2.85. The molecule has 1 heterocycles. The Morgan fingerprint density at radius 1 is 1.00 bits per heavy atom. The standard InChI is InChI=1S/C12H7F5N2/c13-8-3-1-2-7(10(8)14)6-4-5-19-11(18)9(6)12(15,16)17/h1-5H,(H2,18,19). The quantitative estimate of drug-likeness (QED) is 0.806. The van der Waals surface area contributed by atoms with E-state index in [-0.39, 0.29) is 0 Å². The highest BCUT2D eigenvalue weighted by Crippen LogP contribution is 2.40. The van der Waals surface area contributed by atoms with Crippen molar-refractivity contribution in [1.29, 1.82) is 0 Å². The molecule has 7 heteroatoms. The molecule has 0 amide bonds. The topological polar surface area (TPSA) is 38.9 Å². The number of halogens is 5. The molecule has 2 N–H and O–H groups in total. The highest BCUT2D eigenvalue weighted by atomic mass is 19.4. The Morgan fingerprint density at radius 2 is 1.68 bits per heavy atom. The Hall–Kier alpha value is -2.18. The lowest BCUT2D eigenvalue weighted by molar-refractivity contribution is -0.136. The van der Waals surface area contributed by atoms with Gasteiger partial charge < -0.3 is 5.73 Å². The lowest BCUT2D eigenvalue weighted by Gasteiger charge is -2.15. The van der Waals surface area contributed by atoms with Crippen LogP contribution in [0.25, 0.3) is 11.1 Å². The van der Waals surface area contributed by atoms with E-state index in [1.807, 2.05) is 0 Å². The SMILES string of the molecule is Nc1nccc(-c2cccc(F)c2F)c1C(F)(F)F. The van der Waals surface area contributed by atoms with Crippen molar-refractivity contribution in [2.75, 3.05) is 5.73 Å². The van der Waals surface area contributed by atoms with Crippen LogP contribution < -0.4 is 5.73 Å². The molecule has 0 unspecified atom stereocenters. The van der Waals surface area contributed by atoms with Crippen molar-refractivity contribution >= 4 is 5.82 Å². The highest BCUT2D eigenvalue weighted by molar-refractivity contribution is 5.72. The van der Waals surface area contributed by atoms with Crippen LogP contribution in [-0.2, 0) is 6.18 Å². The molecule has 0 fully saturated rings. The Morgan fingerprint density at radius 3 is 2.32 bits per heavy atom. The maximum Gasteiger partial charge on any atom is 0.420 e. The monoisotopic (exact) mass is 274 g/mol. The number of nitrogen functional groups attached to an aromatic ring is 1. The van der Waals surface area contributed by atoms with Crippen LogP contribution >= 0.6 is 0 Å². The minimum atomic E-state index is -4.81. The van der Waals surface area contributed by atoms with E-state index >= 15 is 0 Å². The van der Waals surface area contributed by atoms with E-state index in [0.717, 1.165) is 30.5 Å². The molecule has 0 bridgehead atoms. The zero-order valence-electron chi connectivity index (χ0n) is 9.30. The third kappa shape index (κ3) is 2.35. The van der Waals surface area contributed by atoms with E-state index in [0.29, 0.717) is 0 Å². The molecule has 0 radical (unpaired) electrons. The van der Waals surface area contributed by atoms with Crippen LogP contribution in [-0.4, -0.2) is 4.98 Å². The first-order chi connectivity index (χ1) is 8.82. The number of benzene rings is 1. The van der Waals surface area contributed by atoms with Gasteiger partial charge in [-0.15, -0.1) is 0 Å². The maximum atomic E-state index is 13.6. The van der Waals surface area contributed by atoms with E-state index in [1.165, 1.54) is 0 Å². The fraction of sp³-hybridized carbons (Fsp3) is 0.0833. The van der Waals surface area contributed by atoms with Crippen molar-refractivity contribution in [3.05, 3.63) is 47.7 Å². The predicted molar refractivity (Wildman–Crippen MR) is 59.0 cm³/mol. The maximum absolute atomic E-state index is 13.6. The summed E-state index contributed by atoms with van der Waals surface area (Å²) < 4.78 is 65.3. The van der Waals surface area contributed by atoms with Crippen LogP contribution in [0.5, 0.6) is 0 Å². The van der Waals surface area contributed by atoms with Crippen molar-refractivity contribution in [3.8, 4) is 11.1 Å². The van der Waals surface area contributed by atoms with Crippen LogP contribution in [0.4, 0.5) is 27.8 Å². The van der Waals surface area contributed by atoms with Crippen molar-refractivity contribution in [1.82, 2.24) is 4.98 Å². The molecule has 0 atom stereocenters. The normalized spacial score (nSPS) is 11.6. The zero-order valence-corrected chi connectivity index (χ0v) is 9.30. The highest BCUT2D eigenvalue weighted by Gasteiger charge is 2.37. The number of nitrogens with two attached hydrogens (primary N) is 1. The zero-order chi connectivity index (χ0) is 14.2. The van der Waals surface area contributed by atoms with Crippen molar-refractivity contribution in [2.24, 2.45) is 0 Å². The molecule has 1 aromatic carbocycles. The largest absolute Gasteiger partial charge is 0.420 e. The fourth-order valence-electron chi connectivity index (χ4n) is 1.71. The molecule has 0 aliphatic rings. The van der Waals surface area contributed by atoms with Crippen molar-refractivity contribution in [2.45, 2.75) is 6.18 Å². The summed E-state index contributed by atoms with van der Waals surface area (Å²) in [5.74, 6) is -3.38. The van der Waals surface area contributed by atoms with Crippen LogP contribution in [0, 0.1) is 11.6 Å². The Labute approximate surface area is 104 Å². The first-order valence-corrected chi connectivity index (χ1v) is 5.08. The molecular formula is C12H7F5N2. The van der Waals surface area contributed by atoms with Crippen molar-refractivity contribution < 1.29 is 22.0 Å². The summed E-state index contributed by atoms with van der Waals surface area (Å²) >= 11 is 0. The second kappa shape index (κ2) is 4.49. The average molecular weight is 274 g/mol. The molecular weight excluding hydrogens is 267 g/mol. The number of anilines is 1. The van der Waals surface area contributed by atoms with Gasteiger partial charge in [-0.05, 0) is 12.1 Å². The molecule has 0 spiro atoms. The number of hydrogen-bond donors (Lipinski definition) is 1. The first kappa shape index (κ1) is 13.3. The minimum absolute atomic E-state index is 0.513. The molecule has 0 saturated carbocycles. The van der Waals surface area contributed by atoms with Crippen molar-refractivity contribution in [3.63, 3.8) is 0 Å². The first-order valence-electron chi connectivity index (χ1n) is 5.08. The molecule has 100 valence electrons. The summed E-state index contributed by atoms with van der Waals surface area (Å²) in [6.45, 7) is 0. The average Bonchev–Trinajstić information content (AvgIpc) is 2.30. The van der Waals surface area contributed by atoms with Gasteiger partial charge in [0.2, 0.25) is 0 Å². The van der Waals surface area contributed by atoms with E-state index in [2.05, 4.69) is 4.98 Å². The van der Waals surface area contributed by atoms with E-state index < -0.39 is 40.3 Å². The predicted octanol–water partition coefficient (Wildman–Crippen LogP) is 3.63. The lowest BCUT2D eigenvalue weighted by atomic mass is 10.00. The summed E-state index contributed by atoms with van der Waals surface area (Å²) in [6, 6.07) is 3.92. The molecule has 0 aliphatic heterocycles. The molecule has 2 aromatic rings. The van der Waals surface area contributed by atoms with E-state index in [9.17, 15) is 22.0 Å². The Bertz CT molecular complexity index is 622.